The quantitative estimate of drug-likeness (QED) is 0.240. The third kappa shape index (κ3) is 9.77. The molecule has 1 amide bonds. The van der Waals surface area contributed by atoms with Crippen molar-refractivity contribution in [3.05, 3.63) is 29.8 Å². The molecule has 0 aliphatic carbocycles. The Morgan fingerprint density at radius 1 is 1.10 bits per heavy atom. The lowest BCUT2D eigenvalue weighted by Gasteiger charge is -2.20. The maximum absolute atomic E-state index is 11.9. The average Bonchev–Trinajstić information content (AvgIpc) is 2.64. The molecule has 0 saturated heterocycles. The molecule has 1 aromatic rings. The molecule has 11 heteroatoms. The highest BCUT2D eigenvalue weighted by Crippen LogP contribution is 2.21. The van der Waals surface area contributed by atoms with Gasteiger partial charge in [0.05, 0.1) is 17.5 Å². The second-order valence-corrected chi connectivity index (χ2v) is 9.25. The minimum atomic E-state index is -4.20. The normalized spacial score (nSPS) is 11.6. The fraction of sp³-hybridized carbons (Fsp3) is 0.500. The summed E-state index contributed by atoms with van der Waals surface area (Å²) in [4.78, 5) is 36.0. The van der Waals surface area contributed by atoms with E-state index in [4.69, 9.17) is 14.0 Å². The molecule has 0 aliphatic rings. The number of ether oxygens (including phenoxy) is 2. The van der Waals surface area contributed by atoms with Crippen molar-refractivity contribution in [1.82, 2.24) is 5.32 Å². The molecule has 0 bridgehead atoms. The fourth-order valence-corrected chi connectivity index (χ4v) is 2.72. The molecular weight excluding hydrogens is 422 g/mol. The van der Waals surface area contributed by atoms with Crippen molar-refractivity contribution in [3.63, 3.8) is 0 Å². The van der Waals surface area contributed by atoms with Crippen molar-refractivity contribution < 1.29 is 36.8 Å². The molecular formula is C18H25NO8S2. The largest absolute Gasteiger partial charge is 0.463 e. The molecule has 0 aromatic heterocycles. The molecule has 0 heterocycles. The first-order valence-corrected chi connectivity index (χ1v) is 11.2. The van der Waals surface area contributed by atoms with Crippen LogP contribution < -0.4 is 5.32 Å². The first kappa shape index (κ1) is 24.9. The van der Waals surface area contributed by atoms with E-state index in [0.29, 0.717) is 11.3 Å². The Hall–Kier alpha value is -2.11. The lowest BCUT2D eigenvalue weighted by atomic mass is 9.91. The maximum atomic E-state index is 11.9. The van der Waals surface area contributed by atoms with Crippen LogP contribution in [0.25, 0.3) is 0 Å². The van der Waals surface area contributed by atoms with E-state index >= 15 is 0 Å². The van der Waals surface area contributed by atoms with Gasteiger partial charge in [0.2, 0.25) is 0 Å². The predicted molar refractivity (Wildman–Crippen MR) is 107 cm³/mol. The summed E-state index contributed by atoms with van der Waals surface area (Å²) in [6.45, 7) is 5.26. The number of rotatable bonds is 10. The smallest absolute Gasteiger partial charge is 0.338 e. The molecule has 1 aromatic carbocycles. The molecule has 0 saturated carbocycles. The first-order chi connectivity index (χ1) is 13.4. The van der Waals surface area contributed by atoms with E-state index in [0.717, 1.165) is 11.8 Å². The third-order valence-corrected chi connectivity index (χ3v) is 5.44. The first-order valence-electron chi connectivity index (χ1n) is 8.80. The Balaban J connectivity index is 2.38. The van der Waals surface area contributed by atoms with Gasteiger partial charge in [0.1, 0.15) is 19.0 Å². The van der Waals surface area contributed by atoms with Gasteiger partial charge in [-0.1, -0.05) is 6.92 Å². The topological polar surface area (TPSA) is 136 Å². The predicted octanol–water partition coefficient (Wildman–Crippen LogP) is 2.51. The highest BCUT2D eigenvalue weighted by Gasteiger charge is 2.26. The van der Waals surface area contributed by atoms with Crippen LogP contribution >= 0.6 is 11.8 Å². The van der Waals surface area contributed by atoms with Crippen molar-refractivity contribution in [1.29, 1.82) is 0 Å². The van der Waals surface area contributed by atoms with E-state index < -0.39 is 33.9 Å². The van der Waals surface area contributed by atoms with Crippen LogP contribution in [0.2, 0.25) is 0 Å². The van der Waals surface area contributed by atoms with Crippen LogP contribution in [0, 0.1) is 5.41 Å². The maximum Gasteiger partial charge on any atom is 0.338 e. The summed E-state index contributed by atoms with van der Waals surface area (Å²) < 4.78 is 39.6. The van der Waals surface area contributed by atoms with Crippen LogP contribution in [0.4, 0.5) is 4.79 Å². The number of benzene rings is 1. The van der Waals surface area contributed by atoms with E-state index in [9.17, 15) is 22.8 Å². The zero-order valence-corrected chi connectivity index (χ0v) is 18.1. The highest BCUT2D eigenvalue weighted by atomic mass is 32.2. The minimum absolute atomic E-state index is 0.0723. The van der Waals surface area contributed by atoms with Gasteiger partial charge in [-0.05, 0) is 56.3 Å². The summed E-state index contributed by atoms with van der Waals surface area (Å²) in [5, 5.41) is 2.26. The number of hydrogen-bond donors (Lipinski definition) is 2. The van der Waals surface area contributed by atoms with Gasteiger partial charge in [-0.25, -0.2) is 4.79 Å². The number of esters is 2. The summed E-state index contributed by atoms with van der Waals surface area (Å²) in [7, 11) is -4.20. The van der Waals surface area contributed by atoms with Gasteiger partial charge in [0, 0.05) is 4.90 Å². The Morgan fingerprint density at radius 3 is 2.28 bits per heavy atom. The minimum Gasteiger partial charge on any atom is -0.463 e. The van der Waals surface area contributed by atoms with Gasteiger partial charge in [-0.2, -0.15) is 8.42 Å². The van der Waals surface area contributed by atoms with Crippen LogP contribution in [0.1, 0.15) is 37.6 Å². The van der Waals surface area contributed by atoms with Crippen LogP contribution in [-0.2, 0) is 24.4 Å². The third-order valence-electron chi connectivity index (χ3n) is 3.92. The highest BCUT2D eigenvalue weighted by molar-refractivity contribution is 8.13. The van der Waals surface area contributed by atoms with E-state index in [1.165, 1.54) is 24.3 Å². The van der Waals surface area contributed by atoms with Crippen molar-refractivity contribution >= 4 is 39.1 Å². The Morgan fingerprint density at radius 2 is 1.72 bits per heavy atom. The zero-order valence-electron chi connectivity index (χ0n) is 16.5. The van der Waals surface area contributed by atoms with Crippen molar-refractivity contribution in [3.8, 4) is 0 Å². The SMILES string of the molecule is CCC(C)(C)C(=O)OCCNC(=O)Sc1ccc(C(=O)OCCS(=O)(=O)O)cc1. The van der Waals surface area contributed by atoms with Gasteiger partial charge < -0.3 is 14.8 Å². The molecule has 1 rings (SSSR count). The summed E-state index contributed by atoms with van der Waals surface area (Å²) in [6.07, 6.45) is 0.651. The number of carbonyl (C=O) groups excluding carboxylic acids is 3. The lowest BCUT2D eigenvalue weighted by molar-refractivity contribution is -0.153. The van der Waals surface area contributed by atoms with Gasteiger partial charge in [-0.15, -0.1) is 0 Å². The monoisotopic (exact) mass is 447 g/mol. The van der Waals surface area contributed by atoms with Gasteiger partial charge in [-0.3, -0.25) is 14.1 Å². The van der Waals surface area contributed by atoms with Gasteiger partial charge in [0.25, 0.3) is 15.4 Å². The fourth-order valence-electron chi connectivity index (χ4n) is 1.76. The van der Waals surface area contributed by atoms with E-state index in [2.05, 4.69) is 5.32 Å². The molecule has 0 atom stereocenters. The van der Waals surface area contributed by atoms with E-state index in [1.807, 2.05) is 6.92 Å². The van der Waals surface area contributed by atoms with Crippen molar-refractivity contribution in [2.24, 2.45) is 5.41 Å². The van der Waals surface area contributed by atoms with E-state index in [-0.39, 0.29) is 29.9 Å². The number of carbonyl (C=O) groups is 3. The second kappa shape index (κ2) is 11.2. The van der Waals surface area contributed by atoms with Crippen molar-refractivity contribution in [2.75, 3.05) is 25.5 Å². The van der Waals surface area contributed by atoms with Gasteiger partial charge in [0.15, 0.2) is 0 Å². The van der Waals surface area contributed by atoms with Crippen LogP contribution in [0.15, 0.2) is 29.2 Å². The van der Waals surface area contributed by atoms with Crippen molar-refractivity contribution in [2.45, 2.75) is 32.1 Å². The Labute approximate surface area is 174 Å². The molecule has 9 nitrogen and oxygen atoms in total. The van der Waals surface area contributed by atoms with Crippen LogP contribution in [0.3, 0.4) is 0 Å². The molecule has 29 heavy (non-hydrogen) atoms. The standard InChI is InChI=1S/C18H25NO8S2/c1-4-18(2,3)16(21)27-10-9-19-17(22)28-14-7-5-13(6-8-14)15(20)26-11-12-29(23,24)25/h5-8H,4,9-12H2,1-3H3,(H,19,22)(H,23,24,25). The second-order valence-electron chi connectivity index (χ2n) is 6.64. The Kier molecular flexibility index (Phi) is 9.60. The molecule has 0 radical (unpaired) electrons. The molecule has 162 valence electrons. The summed E-state index contributed by atoms with van der Waals surface area (Å²) >= 11 is 0.899. The van der Waals surface area contributed by atoms with Gasteiger partial charge >= 0.3 is 11.9 Å². The summed E-state index contributed by atoms with van der Waals surface area (Å²) in [5.41, 5.74) is -0.385. The summed E-state index contributed by atoms with van der Waals surface area (Å²) in [5.74, 6) is -1.75. The molecule has 0 aliphatic heterocycles. The zero-order chi connectivity index (χ0) is 22.1. The molecule has 2 N–H and O–H groups in total. The Bertz CT molecular complexity index is 819. The average molecular weight is 448 g/mol. The number of amides is 1. The number of nitrogens with one attached hydrogen (secondary N) is 1. The molecule has 0 unspecified atom stereocenters. The number of thioether (sulfide) groups is 1. The van der Waals surface area contributed by atoms with Crippen LogP contribution in [-0.4, -0.2) is 55.7 Å². The summed E-state index contributed by atoms with van der Waals surface area (Å²) in [6, 6.07) is 5.93. The lowest BCUT2D eigenvalue weighted by Crippen LogP contribution is -2.30. The molecule has 0 fully saturated rings. The molecule has 0 spiro atoms. The van der Waals surface area contributed by atoms with Crippen LogP contribution in [0.5, 0.6) is 0 Å². The van der Waals surface area contributed by atoms with E-state index in [1.54, 1.807) is 13.8 Å². The number of hydrogen-bond acceptors (Lipinski definition) is 8.